The van der Waals surface area contributed by atoms with Crippen molar-refractivity contribution in [3.63, 3.8) is 0 Å². The van der Waals surface area contributed by atoms with E-state index in [4.69, 9.17) is 9.47 Å². The summed E-state index contributed by atoms with van der Waals surface area (Å²) < 4.78 is 11.3. The molecule has 0 unspecified atom stereocenters. The molecule has 0 aromatic rings. The summed E-state index contributed by atoms with van der Waals surface area (Å²) in [5.74, 6) is -0.461. The number of hydrogen-bond acceptors (Lipinski definition) is 5. The molecule has 0 amide bonds. The molecule has 0 saturated heterocycles. The van der Waals surface area contributed by atoms with E-state index in [9.17, 15) is 14.7 Å². The molecule has 24 heavy (non-hydrogen) atoms. The summed E-state index contributed by atoms with van der Waals surface area (Å²) in [6.07, 6.45) is 1.62. The second-order valence-corrected chi connectivity index (χ2v) is 9.19. The van der Waals surface area contributed by atoms with E-state index >= 15 is 0 Å². The Morgan fingerprint density at radius 3 is 2.17 bits per heavy atom. The van der Waals surface area contributed by atoms with E-state index in [1.807, 2.05) is 6.92 Å². The zero-order chi connectivity index (χ0) is 18.1. The van der Waals surface area contributed by atoms with Gasteiger partial charge in [0.05, 0.1) is 5.60 Å². The highest BCUT2D eigenvalue weighted by Crippen LogP contribution is 2.72. The fraction of sp³-hybridized carbons (Fsp3) is 0.895. The Morgan fingerprint density at radius 1 is 1.04 bits per heavy atom. The highest BCUT2D eigenvalue weighted by molar-refractivity contribution is 5.67. The summed E-state index contributed by atoms with van der Waals surface area (Å²) in [4.78, 5) is 23.2. The molecule has 136 valence electrons. The van der Waals surface area contributed by atoms with E-state index < -0.39 is 11.0 Å². The van der Waals surface area contributed by atoms with Gasteiger partial charge in [-0.1, -0.05) is 27.7 Å². The smallest absolute Gasteiger partial charge is 0.302 e. The van der Waals surface area contributed by atoms with Gasteiger partial charge in [0, 0.05) is 25.2 Å². The summed E-state index contributed by atoms with van der Waals surface area (Å²) in [6, 6.07) is 0. The average Bonchev–Trinajstić information content (AvgIpc) is 2.68. The lowest BCUT2D eigenvalue weighted by Gasteiger charge is -2.52. The van der Waals surface area contributed by atoms with Gasteiger partial charge < -0.3 is 14.6 Å². The molecule has 3 saturated carbocycles. The van der Waals surface area contributed by atoms with Crippen LogP contribution < -0.4 is 0 Å². The van der Waals surface area contributed by atoms with Crippen LogP contribution in [-0.4, -0.2) is 34.9 Å². The lowest BCUT2D eigenvalue weighted by molar-refractivity contribution is -0.200. The first-order valence-electron chi connectivity index (χ1n) is 9.00. The quantitative estimate of drug-likeness (QED) is 0.784. The lowest BCUT2D eigenvalue weighted by Crippen LogP contribution is -2.60. The Morgan fingerprint density at radius 2 is 1.62 bits per heavy atom. The van der Waals surface area contributed by atoms with E-state index in [1.54, 1.807) is 0 Å². The zero-order valence-electron chi connectivity index (χ0n) is 15.6. The normalized spacial score (nSPS) is 48.7. The van der Waals surface area contributed by atoms with Crippen LogP contribution >= 0.6 is 0 Å². The van der Waals surface area contributed by atoms with Gasteiger partial charge in [-0.05, 0) is 36.5 Å². The van der Waals surface area contributed by atoms with Crippen LogP contribution in [0.25, 0.3) is 0 Å². The molecule has 0 aromatic carbocycles. The second kappa shape index (κ2) is 5.20. The Bertz CT molecular complexity index is 570. The molecule has 5 nitrogen and oxygen atoms in total. The van der Waals surface area contributed by atoms with Crippen molar-refractivity contribution in [3.05, 3.63) is 0 Å². The number of carbonyl (C=O) groups excluding carboxylic acids is 2. The summed E-state index contributed by atoms with van der Waals surface area (Å²) in [7, 11) is 0. The van der Waals surface area contributed by atoms with E-state index in [1.165, 1.54) is 13.8 Å². The number of rotatable bonds is 2. The highest BCUT2D eigenvalue weighted by Gasteiger charge is 2.77. The predicted molar refractivity (Wildman–Crippen MR) is 87.9 cm³/mol. The first-order valence-corrected chi connectivity index (χ1v) is 9.00. The van der Waals surface area contributed by atoms with Gasteiger partial charge in [-0.15, -0.1) is 0 Å². The molecule has 0 aliphatic heterocycles. The van der Waals surface area contributed by atoms with Crippen molar-refractivity contribution >= 4 is 11.9 Å². The molecule has 3 rings (SSSR count). The highest BCUT2D eigenvalue weighted by atomic mass is 16.6. The Labute approximate surface area is 144 Å². The van der Waals surface area contributed by atoms with Crippen LogP contribution in [0.4, 0.5) is 0 Å². The Kier molecular flexibility index (Phi) is 3.84. The number of hydrogen-bond donors (Lipinski definition) is 1. The minimum Gasteiger partial charge on any atom is -0.462 e. The molecular formula is C19H30O5. The van der Waals surface area contributed by atoms with E-state index in [0.717, 1.165) is 12.8 Å². The van der Waals surface area contributed by atoms with Crippen LogP contribution in [-0.2, 0) is 19.1 Å². The number of aliphatic hydroxyl groups is 1. The van der Waals surface area contributed by atoms with Crippen LogP contribution in [0.2, 0.25) is 0 Å². The number of carbonyl (C=O) groups is 2. The van der Waals surface area contributed by atoms with Crippen LogP contribution in [0.1, 0.15) is 60.8 Å². The minimum absolute atomic E-state index is 0.0606. The summed E-state index contributed by atoms with van der Waals surface area (Å²) in [6.45, 7) is 11.3. The largest absolute Gasteiger partial charge is 0.462 e. The molecule has 3 aliphatic carbocycles. The average molecular weight is 338 g/mol. The zero-order valence-corrected chi connectivity index (χ0v) is 15.6. The summed E-state index contributed by atoms with van der Waals surface area (Å²) >= 11 is 0. The van der Waals surface area contributed by atoms with E-state index in [2.05, 4.69) is 20.8 Å². The predicted octanol–water partition coefficient (Wildman–Crippen LogP) is 2.69. The third-order valence-electron chi connectivity index (χ3n) is 7.09. The molecule has 3 fully saturated rings. The molecular weight excluding hydrogens is 308 g/mol. The number of ether oxygens (including phenoxy) is 2. The maximum absolute atomic E-state index is 12.0. The van der Waals surface area contributed by atoms with Crippen molar-refractivity contribution in [2.45, 2.75) is 78.6 Å². The van der Waals surface area contributed by atoms with Crippen molar-refractivity contribution in [2.24, 2.45) is 28.6 Å². The molecule has 0 radical (unpaired) electrons. The Balaban J connectivity index is 2.08. The van der Waals surface area contributed by atoms with Gasteiger partial charge >= 0.3 is 11.9 Å². The van der Waals surface area contributed by atoms with Crippen molar-refractivity contribution in [1.82, 2.24) is 0 Å². The topological polar surface area (TPSA) is 72.8 Å². The van der Waals surface area contributed by atoms with Gasteiger partial charge in [0.15, 0.2) is 0 Å². The second-order valence-electron chi connectivity index (χ2n) is 9.19. The monoisotopic (exact) mass is 338 g/mol. The molecule has 0 heterocycles. The van der Waals surface area contributed by atoms with Crippen LogP contribution in [0.5, 0.6) is 0 Å². The fourth-order valence-electron chi connectivity index (χ4n) is 6.67. The van der Waals surface area contributed by atoms with Crippen LogP contribution in [0.15, 0.2) is 0 Å². The Hall–Kier alpha value is -1.10. The molecule has 0 bridgehead atoms. The molecule has 0 spiro atoms. The maximum atomic E-state index is 12.0. The van der Waals surface area contributed by atoms with Crippen molar-refractivity contribution in [3.8, 4) is 0 Å². The van der Waals surface area contributed by atoms with Gasteiger partial charge in [0.2, 0.25) is 0 Å². The van der Waals surface area contributed by atoms with E-state index in [-0.39, 0.29) is 47.3 Å². The van der Waals surface area contributed by atoms with Crippen LogP contribution in [0, 0.1) is 28.6 Å². The van der Waals surface area contributed by atoms with Crippen molar-refractivity contribution < 1.29 is 24.2 Å². The number of esters is 2. The fourth-order valence-corrected chi connectivity index (χ4v) is 6.67. The molecule has 5 heteroatoms. The van der Waals surface area contributed by atoms with Gasteiger partial charge in [-0.3, -0.25) is 9.59 Å². The van der Waals surface area contributed by atoms with Crippen molar-refractivity contribution in [1.29, 1.82) is 0 Å². The molecule has 1 N–H and O–H groups in total. The van der Waals surface area contributed by atoms with E-state index in [0.29, 0.717) is 6.42 Å². The third-order valence-corrected chi connectivity index (χ3v) is 7.09. The molecule has 3 aliphatic rings. The lowest BCUT2D eigenvalue weighted by atomic mass is 9.59. The van der Waals surface area contributed by atoms with Gasteiger partial charge in [-0.25, -0.2) is 0 Å². The van der Waals surface area contributed by atoms with Gasteiger partial charge in [0.1, 0.15) is 12.2 Å². The van der Waals surface area contributed by atoms with Gasteiger partial charge in [-0.2, -0.15) is 0 Å². The van der Waals surface area contributed by atoms with Gasteiger partial charge in [0.25, 0.3) is 0 Å². The summed E-state index contributed by atoms with van der Waals surface area (Å²) in [5, 5.41) is 12.0. The minimum atomic E-state index is -0.978. The first kappa shape index (κ1) is 17.7. The first-order chi connectivity index (χ1) is 10.9. The van der Waals surface area contributed by atoms with Crippen LogP contribution in [0.3, 0.4) is 0 Å². The third kappa shape index (κ3) is 2.16. The standard InChI is InChI=1S/C19H30O5/c1-10-7-14(23-11(2)20)16-17(4,5)9-18(6)15(24-12(3)21)8-13(10)19(16,18)22/h10,13-16,22H,7-9H2,1-6H3/t10-,13+,14+,15+,16+,18-,19-/m1/s1. The molecule has 0 aromatic heterocycles. The summed E-state index contributed by atoms with van der Waals surface area (Å²) in [5.41, 5.74) is -1.68. The maximum Gasteiger partial charge on any atom is 0.302 e. The van der Waals surface area contributed by atoms with Crippen molar-refractivity contribution in [2.75, 3.05) is 0 Å². The SMILES string of the molecule is CC(=O)O[C@H]1C[C@@H](C)[C@@H]2C[C@H](OC(C)=O)[C@@]3(C)CC(C)(C)[C@H]1[C@]23O. The molecule has 7 atom stereocenters.